The first kappa shape index (κ1) is 16.3. The van der Waals surface area contributed by atoms with Crippen molar-refractivity contribution in [3.63, 3.8) is 0 Å². The first-order valence-corrected chi connectivity index (χ1v) is 8.06. The minimum Gasteiger partial charge on any atom is -0.478 e. The lowest BCUT2D eigenvalue weighted by molar-refractivity contribution is 0.0696. The summed E-state index contributed by atoms with van der Waals surface area (Å²) in [5, 5.41) is 12.5. The summed E-state index contributed by atoms with van der Waals surface area (Å²) in [5.41, 5.74) is 2.52. The number of rotatable bonds is 7. The van der Waals surface area contributed by atoms with Gasteiger partial charge in [0.25, 0.3) is 0 Å². The van der Waals surface area contributed by atoms with Crippen molar-refractivity contribution in [3.8, 4) is 11.5 Å². The van der Waals surface area contributed by atoms with E-state index in [0.29, 0.717) is 24.9 Å². The quantitative estimate of drug-likeness (QED) is 0.817. The van der Waals surface area contributed by atoms with Gasteiger partial charge in [0.1, 0.15) is 0 Å². The van der Waals surface area contributed by atoms with Crippen LogP contribution in [0.1, 0.15) is 34.8 Å². The van der Waals surface area contributed by atoms with Gasteiger partial charge in [-0.25, -0.2) is 4.79 Å². The Balaban J connectivity index is 1.48. The number of hydrogen-bond acceptors (Lipinski definition) is 4. The Kier molecular flexibility index (Phi) is 5.01. The van der Waals surface area contributed by atoms with E-state index in [-0.39, 0.29) is 0 Å². The van der Waals surface area contributed by atoms with Crippen LogP contribution in [0, 0.1) is 0 Å². The van der Waals surface area contributed by atoms with Crippen LogP contribution in [-0.4, -0.2) is 23.9 Å². The molecule has 1 atom stereocenters. The van der Waals surface area contributed by atoms with Gasteiger partial charge in [0.2, 0.25) is 6.79 Å². The summed E-state index contributed by atoms with van der Waals surface area (Å²) in [5.74, 6) is 0.731. The van der Waals surface area contributed by atoms with Gasteiger partial charge >= 0.3 is 5.97 Å². The van der Waals surface area contributed by atoms with Gasteiger partial charge in [-0.05, 0) is 55.2 Å². The number of carboxylic acids is 1. The number of aromatic carboxylic acids is 1. The molecule has 0 aromatic heterocycles. The summed E-state index contributed by atoms with van der Waals surface area (Å²) in [6.07, 6.45) is 1.93. The third kappa shape index (κ3) is 4.06. The highest BCUT2D eigenvalue weighted by atomic mass is 16.7. The second-order valence-corrected chi connectivity index (χ2v) is 6.01. The van der Waals surface area contributed by atoms with Crippen molar-refractivity contribution in [1.29, 1.82) is 0 Å². The first-order chi connectivity index (χ1) is 11.6. The molecule has 0 saturated carbocycles. The highest BCUT2D eigenvalue weighted by molar-refractivity contribution is 5.87. The molecule has 1 unspecified atom stereocenters. The van der Waals surface area contributed by atoms with Crippen molar-refractivity contribution in [3.05, 3.63) is 59.2 Å². The number of nitrogens with one attached hydrogen (secondary N) is 1. The van der Waals surface area contributed by atoms with E-state index in [4.69, 9.17) is 14.6 Å². The number of benzene rings is 2. The zero-order chi connectivity index (χ0) is 16.9. The second kappa shape index (κ2) is 7.36. The third-order valence-electron chi connectivity index (χ3n) is 4.13. The van der Waals surface area contributed by atoms with Crippen molar-refractivity contribution >= 4 is 5.97 Å². The molecule has 0 bridgehead atoms. The molecule has 0 saturated heterocycles. The molecule has 2 aromatic carbocycles. The zero-order valence-corrected chi connectivity index (χ0v) is 13.6. The van der Waals surface area contributed by atoms with Gasteiger partial charge in [0, 0.05) is 12.6 Å². The second-order valence-electron chi connectivity index (χ2n) is 6.01. The molecule has 126 valence electrons. The van der Waals surface area contributed by atoms with E-state index in [1.807, 2.05) is 18.2 Å². The van der Waals surface area contributed by atoms with Gasteiger partial charge in [-0.15, -0.1) is 0 Å². The van der Waals surface area contributed by atoms with Gasteiger partial charge < -0.3 is 19.9 Å². The topological polar surface area (TPSA) is 67.8 Å². The van der Waals surface area contributed by atoms with Gasteiger partial charge in [-0.2, -0.15) is 0 Å². The summed E-state index contributed by atoms with van der Waals surface area (Å²) in [6.45, 7) is 3.09. The Morgan fingerprint density at radius 1 is 1.17 bits per heavy atom. The number of fused-ring (bicyclic) bond motifs is 1. The first-order valence-electron chi connectivity index (χ1n) is 8.06. The van der Waals surface area contributed by atoms with Crippen LogP contribution in [0.5, 0.6) is 11.5 Å². The van der Waals surface area contributed by atoms with Crippen molar-refractivity contribution in [2.24, 2.45) is 0 Å². The SMILES string of the molecule is CC(CCc1ccc2c(c1)OCO2)NCc1cccc(C(=O)O)c1. The van der Waals surface area contributed by atoms with Gasteiger partial charge in [-0.1, -0.05) is 18.2 Å². The minimum absolute atomic E-state index is 0.298. The molecule has 24 heavy (non-hydrogen) atoms. The summed E-state index contributed by atoms with van der Waals surface area (Å²) >= 11 is 0. The Labute approximate surface area is 141 Å². The van der Waals surface area contributed by atoms with Crippen LogP contribution in [0.4, 0.5) is 0 Å². The molecule has 5 nitrogen and oxygen atoms in total. The lowest BCUT2D eigenvalue weighted by atomic mass is 10.0. The molecule has 2 N–H and O–H groups in total. The fourth-order valence-electron chi connectivity index (χ4n) is 2.69. The van der Waals surface area contributed by atoms with Crippen LogP contribution in [0.25, 0.3) is 0 Å². The van der Waals surface area contributed by atoms with Gasteiger partial charge in [0.15, 0.2) is 11.5 Å². The van der Waals surface area contributed by atoms with E-state index in [1.165, 1.54) is 5.56 Å². The molecule has 1 aliphatic heterocycles. The molecule has 0 fully saturated rings. The Morgan fingerprint density at radius 3 is 2.83 bits per heavy atom. The minimum atomic E-state index is -0.896. The smallest absolute Gasteiger partial charge is 0.335 e. The van der Waals surface area contributed by atoms with Crippen molar-refractivity contribution in [2.75, 3.05) is 6.79 Å². The number of ether oxygens (including phenoxy) is 2. The van der Waals surface area contributed by atoms with Crippen LogP contribution in [-0.2, 0) is 13.0 Å². The van der Waals surface area contributed by atoms with E-state index in [1.54, 1.807) is 18.2 Å². The third-order valence-corrected chi connectivity index (χ3v) is 4.13. The van der Waals surface area contributed by atoms with Crippen molar-refractivity contribution < 1.29 is 19.4 Å². The fraction of sp³-hybridized carbons (Fsp3) is 0.316. The average Bonchev–Trinajstić information content (AvgIpc) is 3.06. The van der Waals surface area contributed by atoms with Crippen LogP contribution >= 0.6 is 0 Å². The van der Waals surface area contributed by atoms with Gasteiger partial charge in [-0.3, -0.25) is 0 Å². The summed E-state index contributed by atoms with van der Waals surface area (Å²) < 4.78 is 10.7. The Bertz CT molecular complexity index is 729. The highest BCUT2D eigenvalue weighted by Crippen LogP contribution is 2.32. The molecule has 0 amide bonds. The standard InChI is InChI=1S/C19H21NO4/c1-13(20-11-15-3-2-4-16(9-15)19(21)22)5-6-14-7-8-17-18(10-14)24-12-23-17/h2-4,7-10,13,20H,5-6,11-12H2,1H3,(H,21,22). The van der Waals surface area contributed by atoms with Crippen LogP contribution in [0.3, 0.4) is 0 Å². The lowest BCUT2D eigenvalue weighted by Crippen LogP contribution is -2.26. The van der Waals surface area contributed by atoms with Crippen LogP contribution in [0.15, 0.2) is 42.5 Å². The molecule has 1 heterocycles. The predicted molar refractivity (Wildman–Crippen MR) is 90.6 cm³/mol. The highest BCUT2D eigenvalue weighted by Gasteiger charge is 2.13. The monoisotopic (exact) mass is 327 g/mol. The Morgan fingerprint density at radius 2 is 2.00 bits per heavy atom. The lowest BCUT2D eigenvalue weighted by Gasteiger charge is -2.14. The van der Waals surface area contributed by atoms with Crippen LogP contribution < -0.4 is 14.8 Å². The largest absolute Gasteiger partial charge is 0.478 e. The van der Waals surface area contributed by atoms with Gasteiger partial charge in [0.05, 0.1) is 5.56 Å². The van der Waals surface area contributed by atoms with E-state index in [0.717, 1.165) is 29.9 Å². The summed E-state index contributed by atoms with van der Waals surface area (Å²) in [6, 6.07) is 13.4. The van der Waals surface area contributed by atoms with Crippen molar-refractivity contribution in [1.82, 2.24) is 5.32 Å². The van der Waals surface area contributed by atoms with E-state index in [2.05, 4.69) is 18.3 Å². The maximum absolute atomic E-state index is 11.0. The van der Waals surface area contributed by atoms with E-state index < -0.39 is 5.97 Å². The molecular weight excluding hydrogens is 306 g/mol. The molecule has 0 aliphatic carbocycles. The zero-order valence-electron chi connectivity index (χ0n) is 13.6. The number of carboxylic acid groups (broad SMARTS) is 1. The fourth-order valence-corrected chi connectivity index (χ4v) is 2.69. The maximum atomic E-state index is 11.0. The van der Waals surface area contributed by atoms with Crippen molar-refractivity contribution in [2.45, 2.75) is 32.4 Å². The molecule has 5 heteroatoms. The molecule has 1 aliphatic rings. The normalized spacial score (nSPS) is 13.7. The van der Waals surface area contributed by atoms with E-state index in [9.17, 15) is 4.79 Å². The maximum Gasteiger partial charge on any atom is 0.335 e. The predicted octanol–water partition coefficient (Wildman–Crippen LogP) is 3.22. The molecular formula is C19H21NO4. The van der Waals surface area contributed by atoms with Crippen LogP contribution in [0.2, 0.25) is 0 Å². The van der Waals surface area contributed by atoms with E-state index >= 15 is 0 Å². The Hall–Kier alpha value is -2.53. The average molecular weight is 327 g/mol. The number of aryl methyl sites for hydroxylation is 1. The number of hydrogen-bond donors (Lipinski definition) is 2. The molecule has 2 aromatic rings. The summed E-state index contributed by atoms with van der Waals surface area (Å²) in [7, 11) is 0. The molecule has 0 radical (unpaired) electrons. The molecule has 3 rings (SSSR count). The number of carbonyl (C=O) groups is 1. The molecule has 0 spiro atoms. The summed E-state index contributed by atoms with van der Waals surface area (Å²) in [4.78, 5) is 11.0.